The molecular formula is C14H17N3O. The van der Waals surface area contributed by atoms with Crippen molar-refractivity contribution >= 4 is 0 Å². The molecule has 1 aliphatic heterocycles. The van der Waals surface area contributed by atoms with Gasteiger partial charge in [-0.25, -0.2) is 4.98 Å². The highest BCUT2D eigenvalue weighted by Gasteiger charge is 2.23. The van der Waals surface area contributed by atoms with Crippen LogP contribution in [0, 0.1) is 6.92 Å². The van der Waals surface area contributed by atoms with Gasteiger partial charge in [-0.1, -0.05) is 17.7 Å². The fourth-order valence-electron chi connectivity index (χ4n) is 2.18. The highest BCUT2D eigenvalue weighted by molar-refractivity contribution is 5.53. The van der Waals surface area contributed by atoms with E-state index in [9.17, 15) is 0 Å². The number of oxazole rings is 1. The van der Waals surface area contributed by atoms with Crippen molar-refractivity contribution in [3.8, 4) is 11.5 Å². The Labute approximate surface area is 106 Å². The lowest BCUT2D eigenvalue weighted by Crippen LogP contribution is -2.54. The Morgan fingerprint density at radius 3 is 2.72 bits per heavy atom. The van der Waals surface area contributed by atoms with Gasteiger partial charge in [0.1, 0.15) is 6.26 Å². The van der Waals surface area contributed by atoms with Gasteiger partial charge >= 0.3 is 0 Å². The first-order valence-corrected chi connectivity index (χ1v) is 6.20. The number of aryl methyl sites for hydroxylation is 1. The highest BCUT2D eigenvalue weighted by Crippen LogP contribution is 2.20. The van der Waals surface area contributed by atoms with Crippen LogP contribution in [0.4, 0.5) is 0 Å². The molecule has 0 radical (unpaired) electrons. The van der Waals surface area contributed by atoms with Crippen LogP contribution in [0.25, 0.3) is 11.5 Å². The predicted molar refractivity (Wildman–Crippen MR) is 69.9 cm³/mol. The number of benzene rings is 1. The van der Waals surface area contributed by atoms with Gasteiger partial charge in [0.15, 0.2) is 0 Å². The van der Waals surface area contributed by atoms with Crippen LogP contribution in [0.2, 0.25) is 0 Å². The molecule has 4 heteroatoms. The zero-order chi connectivity index (χ0) is 12.5. The lowest BCUT2D eigenvalue weighted by atomic mass is 10.1. The van der Waals surface area contributed by atoms with E-state index in [1.165, 1.54) is 5.56 Å². The first kappa shape index (κ1) is 11.4. The largest absolute Gasteiger partial charge is 0.444 e. The molecule has 1 aromatic heterocycles. The zero-order valence-electron chi connectivity index (χ0n) is 10.5. The second-order valence-electron chi connectivity index (χ2n) is 4.96. The number of hydrogen-bond acceptors (Lipinski definition) is 4. The summed E-state index contributed by atoms with van der Waals surface area (Å²) in [5.41, 5.74) is 8.97. The Bertz CT molecular complexity index is 526. The molecule has 1 aromatic carbocycles. The van der Waals surface area contributed by atoms with Gasteiger partial charge in [-0.3, -0.25) is 4.90 Å². The molecule has 1 saturated heterocycles. The average Bonchev–Trinajstić information content (AvgIpc) is 2.77. The van der Waals surface area contributed by atoms with E-state index in [-0.39, 0.29) is 0 Å². The smallest absolute Gasteiger partial charge is 0.226 e. The van der Waals surface area contributed by atoms with Gasteiger partial charge in [-0.05, 0) is 19.1 Å². The Balaban J connectivity index is 1.71. The molecule has 0 bridgehead atoms. The summed E-state index contributed by atoms with van der Waals surface area (Å²) < 4.78 is 5.52. The molecule has 0 saturated carbocycles. The van der Waals surface area contributed by atoms with Crippen LogP contribution in [0.1, 0.15) is 11.3 Å². The molecule has 0 unspecified atom stereocenters. The molecule has 0 spiro atoms. The molecule has 0 amide bonds. The standard InChI is InChI=1S/C14H17N3O/c1-10-2-4-11(5-3-10)14-16-13(9-18-14)8-17-6-12(15)7-17/h2-5,9,12H,6-8,15H2,1H3. The van der Waals surface area contributed by atoms with Crippen molar-refractivity contribution in [2.24, 2.45) is 5.73 Å². The van der Waals surface area contributed by atoms with Crippen molar-refractivity contribution < 1.29 is 4.42 Å². The number of likely N-dealkylation sites (tertiary alicyclic amines) is 1. The SMILES string of the molecule is Cc1ccc(-c2nc(CN3CC(N)C3)co2)cc1. The van der Waals surface area contributed by atoms with Crippen molar-refractivity contribution in [2.75, 3.05) is 13.1 Å². The molecule has 0 atom stereocenters. The van der Waals surface area contributed by atoms with E-state index < -0.39 is 0 Å². The molecule has 2 N–H and O–H groups in total. The van der Waals surface area contributed by atoms with Gasteiger partial charge in [-0.2, -0.15) is 0 Å². The molecule has 2 heterocycles. The molecular weight excluding hydrogens is 226 g/mol. The molecule has 1 aliphatic rings. The van der Waals surface area contributed by atoms with E-state index in [1.54, 1.807) is 6.26 Å². The van der Waals surface area contributed by atoms with Crippen molar-refractivity contribution in [3.63, 3.8) is 0 Å². The van der Waals surface area contributed by atoms with Gasteiger partial charge in [0.05, 0.1) is 5.69 Å². The molecule has 4 nitrogen and oxygen atoms in total. The van der Waals surface area contributed by atoms with Gasteiger partial charge in [-0.15, -0.1) is 0 Å². The third-order valence-electron chi connectivity index (χ3n) is 3.22. The molecule has 1 fully saturated rings. The maximum atomic E-state index is 5.75. The van der Waals surface area contributed by atoms with Crippen LogP contribution in [0.5, 0.6) is 0 Å². The van der Waals surface area contributed by atoms with Crippen LogP contribution in [-0.4, -0.2) is 29.0 Å². The lowest BCUT2D eigenvalue weighted by Gasteiger charge is -2.36. The Morgan fingerprint density at radius 1 is 1.33 bits per heavy atom. The first-order valence-electron chi connectivity index (χ1n) is 6.20. The maximum absolute atomic E-state index is 5.75. The summed E-state index contributed by atoms with van der Waals surface area (Å²) in [4.78, 5) is 6.77. The number of aromatic nitrogens is 1. The summed E-state index contributed by atoms with van der Waals surface area (Å²) in [6.45, 7) is 4.79. The maximum Gasteiger partial charge on any atom is 0.226 e. The van der Waals surface area contributed by atoms with Crippen molar-refractivity contribution in [1.29, 1.82) is 0 Å². The van der Waals surface area contributed by atoms with Crippen LogP contribution in [0.15, 0.2) is 34.9 Å². The van der Waals surface area contributed by atoms with Crippen LogP contribution in [0.3, 0.4) is 0 Å². The van der Waals surface area contributed by atoms with E-state index in [0.717, 1.165) is 30.9 Å². The lowest BCUT2D eigenvalue weighted by molar-refractivity contribution is 0.140. The van der Waals surface area contributed by atoms with Crippen molar-refractivity contribution in [2.45, 2.75) is 19.5 Å². The number of rotatable bonds is 3. The molecule has 0 aliphatic carbocycles. The number of nitrogens with two attached hydrogens (primary N) is 1. The van der Waals surface area contributed by atoms with Crippen molar-refractivity contribution in [3.05, 3.63) is 41.8 Å². The summed E-state index contributed by atoms with van der Waals surface area (Å²) in [6, 6.07) is 8.52. The minimum absolute atomic E-state index is 0.327. The summed E-state index contributed by atoms with van der Waals surface area (Å²) in [7, 11) is 0. The summed E-state index contributed by atoms with van der Waals surface area (Å²) >= 11 is 0. The molecule has 2 aromatic rings. The number of nitrogens with zero attached hydrogens (tertiary/aromatic N) is 2. The fourth-order valence-corrected chi connectivity index (χ4v) is 2.18. The van der Waals surface area contributed by atoms with E-state index in [1.807, 2.05) is 12.1 Å². The summed E-state index contributed by atoms with van der Waals surface area (Å²) in [5.74, 6) is 0.690. The normalized spacial score (nSPS) is 16.8. The third-order valence-corrected chi connectivity index (χ3v) is 3.22. The second kappa shape index (κ2) is 4.55. The molecule has 3 rings (SSSR count). The Morgan fingerprint density at radius 2 is 2.06 bits per heavy atom. The first-order chi connectivity index (χ1) is 8.70. The van der Waals surface area contributed by atoms with Crippen LogP contribution < -0.4 is 5.73 Å². The third kappa shape index (κ3) is 2.30. The minimum atomic E-state index is 0.327. The minimum Gasteiger partial charge on any atom is -0.444 e. The summed E-state index contributed by atoms with van der Waals surface area (Å²) in [6.07, 6.45) is 1.74. The Kier molecular flexibility index (Phi) is 2.89. The van der Waals surface area contributed by atoms with Gasteiger partial charge < -0.3 is 10.2 Å². The van der Waals surface area contributed by atoms with E-state index in [4.69, 9.17) is 10.2 Å². The van der Waals surface area contributed by atoms with E-state index >= 15 is 0 Å². The van der Waals surface area contributed by atoms with E-state index in [0.29, 0.717) is 11.9 Å². The van der Waals surface area contributed by atoms with Crippen molar-refractivity contribution in [1.82, 2.24) is 9.88 Å². The predicted octanol–water partition coefficient (Wildman–Crippen LogP) is 1.79. The fraction of sp³-hybridized carbons (Fsp3) is 0.357. The quantitative estimate of drug-likeness (QED) is 0.893. The zero-order valence-corrected chi connectivity index (χ0v) is 10.5. The van der Waals surface area contributed by atoms with Crippen LogP contribution >= 0.6 is 0 Å². The number of hydrogen-bond donors (Lipinski definition) is 1. The van der Waals surface area contributed by atoms with Gasteiger partial charge in [0.25, 0.3) is 0 Å². The van der Waals surface area contributed by atoms with Crippen LogP contribution in [-0.2, 0) is 6.54 Å². The second-order valence-corrected chi connectivity index (χ2v) is 4.96. The average molecular weight is 243 g/mol. The molecule has 18 heavy (non-hydrogen) atoms. The topological polar surface area (TPSA) is 55.3 Å². The van der Waals surface area contributed by atoms with E-state index in [2.05, 4.69) is 28.9 Å². The summed E-state index contributed by atoms with van der Waals surface area (Å²) in [5, 5.41) is 0. The highest BCUT2D eigenvalue weighted by atomic mass is 16.3. The molecule has 94 valence electrons. The Hall–Kier alpha value is -1.65. The monoisotopic (exact) mass is 243 g/mol. The van der Waals surface area contributed by atoms with Gasteiger partial charge in [0, 0.05) is 31.2 Å². The van der Waals surface area contributed by atoms with Gasteiger partial charge in [0.2, 0.25) is 5.89 Å².